The van der Waals surface area contributed by atoms with Gasteiger partial charge in [0.15, 0.2) is 0 Å². The highest BCUT2D eigenvalue weighted by Crippen LogP contribution is 2.19. The number of anilines is 2. The van der Waals surface area contributed by atoms with Crippen LogP contribution in [0.3, 0.4) is 0 Å². The predicted octanol–water partition coefficient (Wildman–Crippen LogP) is 2.12. The number of rotatable bonds is 5. The molecule has 2 aromatic rings. The van der Waals surface area contributed by atoms with Crippen molar-refractivity contribution in [3.8, 4) is 0 Å². The number of aromatic nitrogens is 1. The van der Waals surface area contributed by atoms with Crippen molar-refractivity contribution in [3.63, 3.8) is 0 Å². The molecule has 21 heavy (non-hydrogen) atoms. The van der Waals surface area contributed by atoms with Crippen molar-refractivity contribution in [1.29, 1.82) is 0 Å². The summed E-state index contributed by atoms with van der Waals surface area (Å²) < 4.78 is 0. The van der Waals surface area contributed by atoms with E-state index in [0.29, 0.717) is 6.54 Å². The maximum atomic E-state index is 12.1. The minimum Gasteiger partial charge on any atom is -0.399 e. The van der Waals surface area contributed by atoms with Gasteiger partial charge in [0, 0.05) is 31.2 Å². The van der Waals surface area contributed by atoms with Gasteiger partial charge in [-0.3, -0.25) is 4.79 Å². The molecule has 5 nitrogen and oxygen atoms in total. The lowest BCUT2D eigenvalue weighted by molar-refractivity contribution is -0.129. The number of amides is 1. The van der Waals surface area contributed by atoms with Gasteiger partial charge in [-0.25, -0.2) is 4.98 Å². The predicted molar refractivity (Wildman–Crippen MR) is 87.4 cm³/mol. The van der Waals surface area contributed by atoms with E-state index in [1.54, 1.807) is 0 Å². The summed E-state index contributed by atoms with van der Waals surface area (Å²) in [7, 11) is 1.88. The third kappa shape index (κ3) is 3.42. The number of benzene rings is 1. The van der Waals surface area contributed by atoms with Gasteiger partial charge in [-0.15, -0.1) is 0 Å². The van der Waals surface area contributed by atoms with Gasteiger partial charge in [0.05, 0.1) is 12.1 Å². The Kier molecular flexibility index (Phi) is 4.62. The third-order valence-electron chi connectivity index (χ3n) is 3.58. The van der Waals surface area contributed by atoms with E-state index in [4.69, 9.17) is 5.73 Å². The van der Waals surface area contributed by atoms with E-state index in [-0.39, 0.29) is 5.91 Å². The number of hydrogen-bond acceptors (Lipinski definition) is 4. The molecule has 1 aromatic heterocycles. The summed E-state index contributed by atoms with van der Waals surface area (Å²) in [5.41, 5.74) is 7.37. The molecule has 0 atom stereocenters. The Balaban J connectivity index is 2.17. The van der Waals surface area contributed by atoms with Crippen LogP contribution in [0.1, 0.15) is 13.8 Å². The molecule has 1 heterocycles. The van der Waals surface area contributed by atoms with E-state index in [2.05, 4.69) is 4.98 Å². The highest BCUT2D eigenvalue weighted by atomic mass is 16.2. The Morgan fingerprint density at radius 3 is 2.57 bits per heavy atom. The van der Waals surface area contributed by atoms with Crippen LogP contribution in [-0.4, -0.2) is 42.5 Å². The first-order valence-corrected chi connectivity index (χ1v) is 7.20. The molecule has 1 aromatic carbocycles. The van der Waals surface area contributed by atoms with E-state index in [0.717, 1.165) is 35.5 Å². The first-order valence-electron chi connectivity index (χ1n) is 7.20. The van der Waals surface area contributed by atoms with Crippen molar-refractivity contribution in [1.82, 2.24) is 9.88 Å². The zero-order valence-corrected chi connectivity index (χ0v) is 12.8. The molecule has 5 heteroatoms. The molecule has 0 spiro atoms. The third-order valence-corrected chi connectivity index (χ3v) is 3.58. The van der Waals surface area contributed by atoms with Crippen molar-refractivity contribution >= 4 is 28.3 Å². The SMILES string of the molecule is CCN(CC)C(=O)CN(C)c1ccc2cc(N)ccc2n1. The molecule has 0 aliphatic rings. The Labute approximate surface area is 125 Å². The number of likely N-dealkylation sites (N-methyl/N-ethyl adjacent to an activating group) is 2. The van der Waals surface area contributed by atoms with Gasteiger partial charge >= 0.3 is 0 Å². The van der Waals surface area contributed by atoms with Crippen molar-refractivity contribution in [2.75, 3.05) is 37.3 Å². The van der Waals surface area contributed by atoms with Crippen molar-refractivity contribution in [2.45, 2.75) is 13.8 Å². The first-order chi connectivity index (χ1) is 10.0. The highest BCUT2D eigenvalue weighted by molar-refractivity contribution is 5.85. The molecule has 2 rings (SSSR count). The molecule has 2 N–H and O–H groups in total. The second kappa shape index (κ2) is 6.43. The van der Waals surface area contributed by atoms with E-state index in [9.17, 15) is 4.79 Å². The smallest absolute Gasteiger partial charge is 0.242 e. The molecule has 0 aliphatic heterocycles. The molecule has 0 bridgehead atoms. The summed E-state index contributed by atoms with van der Waals surface area (Å²) in [6.07, 6.45) is 0. The zero-order chi connectivity index (χ0) is 15.4. The Morgan fingerprint density at radius 1 is 1.19 bits per heavy atom. The molecule has 0 fully saturated rings. The molecule has 0 saturated heterocycles. The van der Waals surface area contributed by atoms with Crippen LogP contribution >= 0.6 is 0 Å². The van der Waals surface area contributed by atoms with Crippen LogP contribution in [0.5, 0.6) is 0 Å². The summed E-state index contributed by atoms with van der Waals surface area (Å²) in [5.74, 6) is 0.898. The molecule has 0 radical (unpaired) electrons. The Bertz CT molecular complexity index is 637. The summed E-state index contributed by atoms with van der Waals surface area (Å²) >= 11 is 0. The normalized spacial score (nSPS) is 10.6. The van der Waals surface area contributed by atoms with Crippen LogP contribution in [0.25, 0.3) is 10.9 Å². The van der Waals surface area contributed by atoms with Gasteiger partial charge < -0.3 is 15.5 Å². The fraction of sp³-hybridized carbons (Fsp3) is 0.375. The van der Waals surface area contributed by atoms with Crippen LogP contribution < -0.4 is 10.6 Å². The lowest BCUT2D eigenvalue weighted by Gasteiger charge is -2.23. The molecule has 112 valence electrons. The van der Waals surface area contributed by atoms with Gasteiger partial charge in [-0.05, 0) is 44.2 Å². The molecule has 0 aliphatic carbocycles. The molecule has 1 amide bonds. The van der Waals surface area contributed by atoms with E-state index in [1.807, 2.05) is 61.0 Å². The topological polar surface area (TPSA) is 62.5 Å². The first kappa shape index (κ1) is 15.1. The van der Waals surface area contributed by atoms with E-state index < -0.39 is 0 Å². The van der Waals surface area contributed by atoms with Crippen LogP contribution in [-0.2, 0) is 4.79 Å². The highest BCUT2D eigenvalue weighted by Gasteiger charge is 2.13. The maximum Gasteiger partial charge on any atom is 0.242 e. The molecule has 0 saturated carbocycles. The summed E-state index contributed by atoms with van der Waals surface area (Å²) in [4.78, 5) is 20.4. The average molecular weight is 286 g/mol. The second-order valence-electron chi connectivity index (χ2n) is 5.04. The summed E-state index contributed by atoms with van der Waals surface area (Å²) in [5, 5.41) is 1.00. The van der Waals surface area contributed by atoms with Crippen LogP contribution in [0.4, 0.5) is 11.5 Å². The van der Waals surface area contributed by atoms with Crippen LogP contribution in [0.15, 0.2) is 30.3 Å². The lowest BCUT2D eigenvalue weighted by Crippen LogP contribution is -2.39. The van der Waals surface area contributed by atoms with Gasteiger partial charge in [0.1, 0.15) is 5.82 Å². The standard InChI is InChI=1S/C16H22N4O/c1-4-20(5-2)16(21)11-19(3)15-9-6-12-10-13(17)7-8-14(12)18-15/h6-10H,4-5,11,17H2,1-3H3. The Hall–Kier alpha value is -2.30. The molecule has 0 unspecified atom stereocenters. The minimum absolute atomic E-state index is 0.113. The monoisotopic (exact) mass is 286 g/mol. The lowest BCUT2D eigenvalue weighted by atomic mass is 10.2. The number of carbonyl (C=O) groups excluding carboxylic acids is 1. The average Bonchev–Trinajstić information content (AvgIpc) is 2.47. The number of nitrogens with two attached hydrogens (primary N) is 1. The second-order valence-corrected chi connectivity index (χ2v) is 5.04. The Morgan fingerprint density at radius 2 is 1.90 bits per heavy atom. The van der Waals surface area contributed by atoms with Crippen molar-refractivity contribution in [3.05, 3.63) is 30.3 Å². The van der Waals surface area contributed by atoms with Gasteiger partial charge in [-0.1, -0.05) is 0 Å². The summed E-state index contributed by atoms with van der Waals surface area (Å²) in [6, 6.07) is 9.52. The minimum atomic E-state index is 0.113. The van der Waals surface area contributed by atoms with Crippen molar-refractivity contribution in [2.24, 2.45) is 0 Å². The number of carbonyl (C=O) groups is 1. The quantitative estimate of drug-likeness (QED) is 0.855. The number of hydrogen-bond donors (Lipinski definition) is 1. The van der Waals surface area contributed by atoms with Gasteiger partial charge in [0.25, 0.3) is 0 Å². The fourth-order valence-corrected chi connectivity index (χ4v) is 2.31. The maximum absolute atomic E-state index is 12.1. The van der Waals surface area contributed by atoms with Crippen LogP contribution in [0.2, 0.25) is 0 Å². The largest absolute Gasteiger partial charge is 0.399 e. The fourth-order valence-electron chi connectivity index (χ4n) is 2.31. The van der Waals surface area contributed by atoms with Crippen LogP contribution in [0, 0.1) is 0 Å². The molecular weight excluding hydrogens is 264 g/mol. The van der Waals surface area contributed by atoms with Crippen molar-refractivity contribution < 1.29 is 4.79 Å². The summed E-state index contributed by atoms with van der Waals surface area (Å²) in [6.45, 7) is 5.76. The number of nitrogen functional groups attached to an aromatic ring is 1. The van der Waals surface area contributed by atoms with E-state index >= 15 is 0 Å². The number of nitrogens with zero attached hydrogens (tertiary/aromatic N) is 3. The number of fused-ring (bicyclic) bond motifs is 1. The number of pyridine rings is 1. The van der Waals surface area contributed by atoms with E-state index in [1.165, 1.54) is 0 Å². The van der Waals surface area contributed by atoms with Gasteiger partial charge in [0.2, 0.25) is 5.91 Å². The molecular formula is C16H22N4O. The zero-order valence-electron chi connectivity index (χ0n) is 12.8. The van der Waals surface area contributed by atoms with Gasteiger partial charge in [-0.2, -0.15) is 0 Å².